The molecule has 3 aromatic rings. The molecule has 0 saturated heterocycles. The van der Waals surface area contributed by atoms with E-state index in [0.29, 0.717) is 5.02 Å². The van der Waals surface area contributed by atoms with Gasteiger partial charge >= 0.3 is 0 Å². The van der Waals surface area contributed by atoms with Gasteiger partial charge in [0.2, 0.25) is 0 Å². The summed E-state index contributed by atoms with van der Waals surface area (Å²) >= 11 is 6.00. The lowest BCUT2D eigenvalue weighted by molar-refractivity contribution is 1.24. The Bertz CT molecular complexity index is 773. The van der Waals surface area contributed by atoms with Crippen LogP contribution in [0.25, 0.3) is 0 Å². The quantitative estimate of drug-likeness (QED) is 0.547. The minimum Gasteiger partial charge on any atom is -0.278 e. The fourth-order valence-electron chi connectivity index (χ4n) is 2.24. The topological polar surface area (TPSA) is 37.3 Å². The number of rotatable bonds is 4. The van der Waals surface area contributed by atoms with Gasteiger partial charge in [0.05, 0.1) is 11.4 Å². The maximum atomic E-state index is 6.00. The lowest BCUT2D eigenvalue weighted by atomic mass is 10.1. The summed E-state index contributed by atoms with van der Waals surface area (Å²) in [5.74, 6) is 0. The number of anilines is 1. The van der Waals surface area contributed by atoms with Gasteiger partial charge in [-0.1, -0.05) is 48.0 Å². The summed E-state index contributed by atoms with van der Waals surface area (Å²) < 4.78 is 0. The number of hydrogen-bond donors (Lipinski definition) is 1. The van der Waals surface area contributed by atoms with Gasteiger partial charge < -0.3 is 0 Å². The van der Waals surface area contributed by atoms with Gasteiger partial charge in [-0.2, -0.15) is 5.10 Å². The molecule has 0 atom stereocenters. The molecule has 0 aliphatic carbocycles. The number of benzene rings is 2. The molecule has 0 aliphatic heterocycles. The first-order chi connectivity index (χ1) is 11.2. The van der Waals surface area contributed by atoms with Gasteiger partial charge in [-0.3, -0.25) is 10.4 Å². The van der Waals surface area contributed by atoms with Crippen LogP contribution in [0, 0.1) is 6.92 Å². The average Bonchev–Trinajstić information content (AvgIpc) is 2.59. The Kier molecular flexibility index (Phi) is 4.69. The SMILES string of the molecule is Cc1cc(Cl)ccc1N/N=C(\c1ccccc1)c1ccccn1. The molecule has 0 fully saturated rings. The molecule has 1 N–H and O–H groups in total. The van der Waals surface area contributed by atoms with Crippen molar-refractivity contribution in [3.05, 3.63) is 94.8 Å². The lowest BCUT2D eigenvalue weighted by Gasteiger charge is -2.09. The fraction of sp³-hybridized carbons (Fsp3) is 0.0526. The summed E-state index contributed by atoms with van der Waals surface area (Å²) in [6, 6.07) is 21.5. The zero-order valence-corrected chi connectivity index (χ0v) is 13.5. The van der Waals surface area contributed by atoms with Crippen molar-refractivity contribution in [3.63, 3.8) is 0 Å². The van der Waals surface area contributed by atoms with Crippen molar-refractivity contribution in [2.24, 2.45) is 5.10 Å². The minimum absolute atomic E-state index is 0.713. The van der Waals surface area contributed by atoms with Crippen molar-refractivity contribution in [1.82, 2.24) is 4.98 Å². The molecule has 0 spiro atoms. The minimum atomic E-state index is 0.713. The molecular weight excluding hydrogens is 306 g/mol. The number of pyridine rings is 1. The molecule has 0 amide bonds. The van der Waals surface area contributed by atoms with Crippen LogP contribution in [0.15, 0.2) is 78.0 Å². The molecule has 1 heterocycles. The molecule has 114 valence electrons. The second kappa shape index (κ2) is 7.07. The fourth-order valence-corrected chi connectivity index (χ4v) is 2.46. The highest BCUT2D eigenvalue weighted by atomic mass is 35.5. The molecule has 1 aromatic heterocycles. The summed E-state index contributed by atoms with van der Waals surface area (Å²) in [5.41, 5.74) is 7.69. The van der Waals surface area contributed by atoms with Gasteiger partial charge in [0.15, 0.2) is 0 Å². The van der Waals surface area contributed by atoms with Crippen LogP contribution in [0.5, 0.6) is 0 Å². The largest absolute Gasteiger partial charge is 0.278 e. The second-order valence-corrected chi connectivity index (χ2v) is 5.55. The third-order valence-corrected chi connectivity index (χ3v) is 3.67. The monoisotopic (exact) mass is 321 g/mol. The Labute approximate surface area is 140 Å². The number of hydrazone groups is 1. The summed E-state index contributed by atoms with van der Waals surface area (Å²) in [7, 11) is 0. The van der Waals surface area contributed by atoms with E-state index < -0.39 is 0 Å². The number of aromatic nitrogens is 1. The van der Waals surface area contributed by atoms with E-state index in [1.54, 1.807) is 6.20 Å². The number of nitrogens with zero attached hydrogens (tertiary/aromatic N) is 2. The summed E-state index contributed by atoms with van der Waals surface area (Å²) in [4.78, 5) is 4.41. The number of nitrogens with one attached hydrogen (secondary N) is 1. The van der Waals surface area contributed by atoms with E-state index in [1.165, 1.54) is 0 Å². The molecule has 23 heavy (non-hydrogen) atoms. The Balaban J connectivity index is 1.98. The highest BCUT2D eigenvalue weighted by molar-refractivity contribution is 6.30. The Hall–Kier alpha value is -2.65. The Morgan fingerprint density at radius 3 is 2.48 bits per heavy atom. The van der Waals surface area contributed by atoms with E-state index in [-0.39, 0.29) is 0 Å². The summed E-state index contributed by atoms with van der Waals surface area (Å²) in [5, 5.41) is 5.30. The smallest absolute Gasteiger partial charge is 0.116 e. The van der Waals surface area contributed by atoms with Crippen LogP contribution in [-0.2, 0) is 0 Å². The third-order valence-electron chi connectivity index (χ3n) is 3.43. The standard InChI is InChI=1S/C19H16ClN3/c1-14-13-16(20)10-11-17(14)22-23-19(15-7-3-2-4-8-15)18-9-5-6-12-21-18/h2-13,22H,1H3/b23-19+. The molecule has 3 rings (SSSR count). The van der Waals surface area contributed by atoms with Crippen molar-refractivity contribution in [3.8, 4) is 0 Å². The molecule has 0 radical (unpaired) electrons. The zero-order chi connectivity index (χ0) is 16.1. The molecule has 2 aromatic carbocycles. The highest BCUT2D eigenvalue weighted by Crippen LogP contribution is 2.20. The van der Waals surface area contributed by atoms with Crippen LogP contribution in [0.4, 0.5) is 5.69 Å². The van der Waals surface area contributed by atoms with Crippen LogP contribution in [-0.4, -0.2) is 10.7 Å². The van der Waals surface area contributed by atoms with Gasteiger partial charge in [-0.05, 0) is 42.8 Å². The summed E-state index contributed by atoms with van der Waals surface area (Å²) in [6.45, 7) is 1.99. The summed E-state index contributed by atoms with van der Waals surface area (Å²) in [6.07, 6.45) is 1.77. The first-order valence-electron chi connectivity index (χ1n) is 7.31. The maximum Gasteiger partial charge on any atom is 0.116 e. The molecule has 0 unspecified atom stereocenters. The van der Waals surface area contributed by atoms with Gasteiger partial charge in [0.1, 0.15) is 5.71 Å². The molecule has 3 nitrogen and oxygen atoms in total. The van der Waals surface area contributed by atoms with Crippen LogP contribution < -0.4 is 5.43 Å². The van der Waals surface area contributed by atoms with E-state index in [9.17, 15) is 0 Å². The highest BCUT2D eigenvalue weighted by Gasteiger charge is 2.08. The van der Waals surface area contributed by atoms with E-state index >= 15 is 0 Å². The first kappa shape index (κ1) is 15.3. The third kappa shape index (κ3) is 3.76. The van der Waals surface area contributed by atoms with E-state index in [4.69, 9.17) is 11.6 Å². The number of hydrogen-bond acceptors (Lipinski definition) is 3. The van der Waals surface area contributed by atoms with Crippen molar-refractivity contribution in [2.75, 3.05) is 5.43 Å². The van der Waals surface area contributed by atoms with Gasteiger partial charge in [0, 0.05) is 16.8 Å². The molecular formula is C19H16ClN3. The van der Waals surface area contributed by atoms with Crippen LogP contribution in [0.1, 0.15) is 16.8 Å². The lowest BCUT2D eigenvalue weighted by Crippen LogP contribution is -2.08. The zero-order valence-electron chi connectivity index (χ0n) is 12.7. The molecule has 0 bridgehead atoms. The van der Waals surface area contributed by atoms with Crippen LogP contribution in [0.2, 0.25) is 5.02 Å². The van der Waals surface area contributed by atoms with E-state index in [0.717, 1.165) is 28.2 Å². The van der Waals surface area contributed by atoms with Crippen LogP contribution in [0.3, 0.4) is 0 Å². The van der Waals surface area contributed by atoms with Crippen molar-refractivity contribution in [2.45, 2.75) is 6.92 Å². The van der Waals surface area contributed by atoms with Crippen molar-refractivity contribution < 1.29 is 0 Å². The van der Waals surface area contributed by atoms with Gasteiger partial charge in [-0.25, -0.2) is 0 Å². The maximum absolute atomic E-state index is 6.00. The van der Waals surface area contributed by atoms with E-state index in [1.807, 2.05) is 73.7 Å². The number of aryl methyl sites for hydroxylation is 1. The number of halogens is 1. The second-order valence-electron chi connectivity index (χ2n) is 5.11. The van der Waals surface area contributed by atoms with Crippen LogP contribution >= 0.6 is 11.6 Å². The molecule has 0 saturated carbocycles. The average molecular weight is 322 g/mol. The predicted molar refractivity (Wildman–Crippen MR) is 96.1 cm³/mol. The normalized spacial score (nSPS) is 11.3. The van der Waals surface area contributed by atoms with Gasteiger partial charge in [-0.15, -0.1) is 0 Å². The van der Waals surface area contributed by atoms with Gasteiger partial charge in [0.25, 0.3) is 0 Å². The Morgan fingerprint density at radius 2 is 1.78 bits per heavy atom. The molecule has 4 heteroatoms. The van der Waals surface area contributed by atoms with Crippen molar-refractivity contribution >= 4 is 23.0 Å². The predicted octanol–water partition coefficient (Wildman–Crippen LogP) is 4.91. The molecule has 0 aliphatic rings. The first-order valence-corrected chi connectivity index (χ1v) is 7.68. The van der Waals surface area contributed by atoms with Crippen molar-refractivity contribution in [1.29, 1.82) is 0 Å². The van der Waals surface area contributed by atoms with E-state index in [2.05, 4.69) is 15.5 Å². The Morgan fingerprint density at radius 1 is 1.00 bits per heavy atom.